The maximum absolute atomic E-state index is 13.5. The summed E-state index contributed by atoms with van der Waals surface area (Å²) in [7, 11) is 0. The van der Waals surface area contributed by atoms with Gasteiger partial charge in [0.25, 0.3) is 5.56 Å². The molecule has 1 heterocycles. The third-order valence-electron chi connectivity index (χ3n) is 5.60. The number of carboxylic acid groups (broad SMARTS) is 1. The topological polar surface area (TPSA) is 71.8 Å². The molecule has 1 N–H and O–H groups in total. The number of carbonyl (C=O) groups is 1. The summed E-state index contributed by atoms with van der Waals surface area (Å²) in [4.78, 5) is 26.9. The molecule has 0 spiro atoms. The van der Waals surface area contributed by atoms with Crippen molar-refractivity contribution in [3.8, 4) is 5.75 Å². The van der Waals surface area contributed by atoms with Crippen LogP contribution < -0.4 is 10.3 Å². The first kappa shape index (κ1) is 23.7. The Kier molecular flexibility index (Phi) is 7.11. The lowest BCUT2D eigenvalue weighted by atomic mass is 10.0. The normalized spacial score (nSPS) is 14.1. The molecule has 8 heteroatoms. The lowest BCUT2D eigenvalue weighted by Gasteiger charge is -2.34. The molecule has 3 rings (SSSR count). The number of amides is 1. The van der Waals surface area contributed by atoms with Crippen LogP contribution in [0.3, 0.4) is 0 Å². The van der Waals surface area contributed by atoms with Crippen LogP contribution in [-0.4, -0.2) is 32.8 Å². The molecule has 1 saturated carbocycles. The van der Waals surface area contributed by atoms with Crippen LogP contribution >= 0.6 is 23.2 Å². The molecular weight excluding hydrogens is 439 g/mol. The van der Waals surface area contributed by atoms with Crippen molar-refractivity contribution in [3.63, 3.8) is 0 Å². The van der Waals surface area contributed by atoms with Crippen LogP contribution in [0.25, 0.3) is 10.8 Å². The fourth-order valence-corrected chi connectivity index (χ4v) is 3.91. The van der Waals surface area contributed by atoms with Crippen molar-refractivity contribution in [1.29, 1.82) is 0 Å². The van der Waals surface area contributed by atoms with Gasteiger partial charge in [-0.05, 0) is 58.1 Å². The van der Waals surface area contributed by atoms with E-state index in [2.05, 4.69) is 6.92 Å². The predicted molar refractivity (Wildman–Crippen MR) is 125 cm³/mol. The number of nitrogens with zero attached hydrogens (tertiary/aromatic N) is 2. The molecule has 1 amide bonds. The molecule has 0 unspecified atom stereocenters. The summed E-state index contributed by atoms with van der Waals surface area (Å²) in [5, 5.41) is 11.5. The molecule has 1 aliphatic rings. The molecule has 0 aliphatic heterocycles. The van der Waals surface area contributed by atoms with Gasteiger partial charge in [0.2, 0.25) is 0 Å². The van der Waals surface area contributed by atoms with E-state index >= 15 is 0 Å². The Labute approximate surface area is 192 Å². The number of unbranched alkanes of at least 4 members (excludes halogenated alkanes) is 1. The van der Waals surface area contributed by atoms with E-state index < -0.39 is 11.6 Å². The zero-order chi connectivity index (χ0) is 22.9. The minimum atomic E-state index is -1.05. The van der Waals surface area contributed by atoms with Gasteiger partial charge in [-0.1, -0.05) is 36.5 Å². The average Bonchev–Trinajstić information content (AvgIpc) is 3.49. The summed E-state index contributed by atoms with van der Waals surface area (Å²) in [6.07, 6.45) is 2.85. The van der Waals surface area contributed by atoms with E-state index in [0.717, 1.165) is 25.7 Å². The Balaban J connectivity index is 2.28. The first-order chi connectivity index (χ1) is 14.5. The van der Waals surface area contributed by atoms with Gasteiger partial charge in [0, 0.05) is 17.5 Å². The highest BCUT2D eigenvalue weighted by Gasteiger charge is 2.32. The number of halogens is 2. The summed E-state index contributed by atoms with van der Waals surface area (Å²) < 4.78 is 7.88. The van der Waals surface area contributed by atoms with Gasteiger partial charge in [-0.15, -0.1) is 0 Å². The second-order valence-electron chi connectivity index (χ2n) is 9.19. The molecule has 0 radical (unpaired) electrons. The molecule has 170 valence electrons. The minimum Gasteiger partial charge on any atom is -0.491 e. The monoisotopic (exact) mass is 468 g/mol. The molecule has 0 atom stereocenters. The molecule has 6 nitrogen and oxygen atoms in total. The van der Waals surface area contributed by atoms with Crippen LogP contribution in [0.4, 0.5) is 4.79 Å². The molecule has 1 fully saturated rings. The maximum atomic E-state index is 13.5. The number of pyridine rings is 1. The van der Waals surface area contributed by atoms with E-state index in [1.807, 2.05) is 20.8 Å². The van der Waals surface area contributed by atoms with Crippen molar-refractivity contribution in [2.45, 2.75) is 72.0 Å². The molecule has 2 aromatic rings. The van der Waals surface area contributed by atoms with E-state index in [0.29, 0.717) is 51.3 Å². The van der Waals surface area contributed by atoms with Crippen molar-refractivity contribution in [2.24, 2.45) is 5.92 Å². The molecule has 0 bridgehead atoms. The van der Waals surface area contributed by atoms with Crippen molar-refractivity contribution in [1.82, 2.24) is 9.47 Å². The summed E-state index contributed by atoms with van der Waals surface area (Å²) >= 11 is 12.5. The van der Waals surface area contributed by atoms with Gasteiger partial charge >= 0.3 is 6.09 Å². The Morgan fingerprint density at radius 1 is 1.23 bits per heavy atom. The van der Waals surface area contributed by atoms with Crippen molar-refractivity contribution in [2.75, 3.05) is 6.61 Å². The van der Waals surface area contributed by atoms with E-state index in [1.54, 1.807) is 16.7 Å². The lowest BCUT2D eigenvalue weighted by Crippen LogP contribution is -2.45. The van der Waals surface area contributed by atoms with Crippen LogP contribution in [0.5, 0.6) is 5.75 Å². The second kappa shape index (κ2) is 9.29. The average molecular weight is 469 g/mol. The predicted octanol–water partition coefficient (Wildman–Crippen LogP) is 6.18. The minimum absolute atomic E-state index is 0.0401. The van der Waals surface area contributed by atoms with E-state index in [4.69, 9.17) is 27.9 Å². The first-order valence-electron chi connectivity index (χ1n) is 10.7. The molecule has 1 aliphatic carbocycles. The van der Waals surface area contributed by atoms with Crippen LogP contribution in [-0.2, 0) is 13.1 Å². The van der Waals surface area contributed by atoms with Gasteiger partial charge in [-0.2, -0.15) is 0 Å². The van der Waals surface area contributed by atoms with Crippen molar-refractivity contribution < 1.29 is 14.6 Å². The molecular formula is C23H30Cl2N2O4. The number of aromatic nitrogens is 1. The summed E-state index contributed by atoms with van der Waals surface area (Å²) in [6, 6.07) is 3.23. The van der Waals surface area contributed by atoms with E-state index in [9.17, 15) is 14.7 Å². The van der Waals surface area contributed by atoms with Crippen LogP contribution in [0.2, 0.25) is 10.0 Å². The Morgan fingerprint density at radius 2 is 1.84 bits per heavy atom. The first-order valence-corrected chi connectivity index (χ1v) is 11.5. The van der Waals surface area contributed by atoms with Gasteiger partial charge in [-0.3, -0.25) is 9.69 Å². The number of benzene rings is 1. The number of fused-ring (bicyclic) bond motifs is 1. The number of rotatable bonds is 8. The Hall–Kier alpha value is -1.92. The Morgan fingerprint density at radius 3 is 2.35 bits per heavy atom. The van der Waals surface area contributed by atoms with Gasteiger partial charge in [0.05, 0.1) is 34.3 Å². The lowest BCUT2D eigenvalue weighted by molar-refractivity contribution is 0.0928. The van der Waals surface area contributed by atoms with E-state index in [1.165, 1.54) is 4.90 Å². The molecule has 1 aromatic heterocycles. The summed E-state index contributed by atoms with van der Waals surface area (Å²) in [6.45, 7) is 8.60. The quantitative estimate of drug-likeness (QED) is 0.469. The standard InChI is InChI=1S/C23H30Cl2N2O4/c1-5-6-9-31-20-15-10-17(24)18(25)11-16(15)21(28)26(12-14-7-8-14)19(20)13-27(22(29)30)23(2,3)4/h10-11,14H,5-9,12-13H2,1-4H3,(H,29,30). The van der Waals surface area contributed by atoms with E-state index in [-0.39, 0.29) is 12.1 Å². The number of ether oxygens (including phenoxy) is 1. The highest BCUT2D eigenvalue weighted by molar-refractivity contribution is 6.42. The second-order valence-corrected chi connectivity index (χ2v) is 10.0. The molecule has 31 heavy (non-hydrogen) atoms. The smallest absolute Gasteiger partial charge is 0.408 e. The van der Waals surface area contributed by atoms with Gasteiger partial charge in [0.15, 0.2) is 0 Å². The largest absolute Gasteiger partial charge is 0.491 e. The van der Waals surface area contributed by atoms with Crippen molar-refractivity contribution >= 4 is 40.1 Å². The summed E-state index contributed by atoms with van der Waals surface area (Å²) in [5.74, 6) is 0.922. The SMILES string of the molecule is CCCCOc1c(CN(C(=O)O)C(C)(C)C)n(CC2CC2)c(=O)c2cc(Cl)c(Cl)cc12. The molecule has 1 aromatic carbocycles. The Bertz CT molecular complexity index is 1040. The summed E-state index contributed by atoms with van der Waals surface area (Å²) in [5.41, 5.74) is -0.284. The highest BCUT2D eigenvalue weighted by Crippen LogP contribution is 2.37. The fourth-order valence-electron chi connectivity index (χ4n) is 3.59. The number of hydrogen-bond acceptors (Lipinski definition) is 3. The van der Waals surface area contributed by atoms with Crippen LogP contribution in [0, 0.1) is 5.92 Å². The third kappa shape index (κ3) is 5.29. The highest BCUT2D eigenvalue weighted by atomic mass is 35.5. The molecule has 0 saturated heterocycles. The third-order valence-corrected chi connectivity index (χ3v) is 6.32. The van der Waals surface area contributed by atoms with Crippen LogP contribution in [0.15, 0.2) is 16.9 Å². The van der Waals surface area contributed by atoms with Gasteiger partial charge < -0.3 is 14.4 Å². The van der Waals surface area contributed by atoms with Crippen molar-refractivity contribution in [3.05, 3.63) is 38.2 Å². The van der Waals surface area contributed by atoms with Gasteiger partial charge in [-0.25, -0.2) is 4.79 Å². The zero-order valence-electron chi connectivity index (χ0n) is 18.5. The maximum Gasteiger partial charge on any atom is 0.408 e. The number of hydrogen-bond donors (Lipinski definition) is 1. The van der Waals surface area contributed by atoms with Crippen LogP contribution in [0.1, 0.15) is 59.1 Å². The van der Waals surface area contributed by atoms with Gasteiger partial charge in [0.1, 0.15) is 5.75 Å². The fraction of sp³-hybridized carbons (Fsp3) is 0.565. The zero-order valence-corrected chi connectivity index (χ0v) is 20.0.